The second-order valence-corrected chi connectivity index (χ2v) is 16.4. The molecule has 67 heavy (non-hydrogen) atoms. The first kappa shape index (κ1) is 52.7. The lowest BCUT2D eigenvalue weighted by molar-refractivity contribution is -0.148. The molecule has 0 bridgehead atoms. The Hall–Kier alpha value is -6.94. The Labute approximate surface area is 386 Å². The summed E-state index contributed by atoms with van der Waals surface area (Å²) < 4.78 is 0. The van der Waals surface area contributed by atoms with Crippen molar-refractivity contribution in [3.8, 4) is 5.75 Å². The van der Waals surface area contributed by atoms with E-state index in [4.69, 9.17) is 5.73 Å². The molecular weight excluding hydrogens is 873 g/mol. The molecule has 0 aromatic heterocycles. The minimum absolute atomic E-state index is 0.0145. The Morgan fingerprint density at radius 1 is 0.582 bits per heavy atom. The molecule has 1 aliphatic rings. The number of nitrogens with two attached hydrogens (primary N) is 1. The third kappa shape index (κ3) is 15.6. The summed E-state index contributed by atoms with van der Waals surface area (Å²) in [6, 6.07) is 12.6. The van der Waals surface area contributed by atoms with E-state index in [0.29, 0.717) is 23.1 Å². The second-order valence-electron chi connectivity index (χ2n) is 16.4. The topological polar surface area (TPSA) is 339 Å². The number of nitrogens with one attached hydrogen (secondary N) is 6. The van der Waals surface area contributed by atoms with Crippen LogP contribution in [0.5, 0.6) is 5.75 Å². The van der Waals surface area contributed by atoms with Gasteiger partial charge in [0, 0.05) is 25.8 Å². The van der Waals surface area contributed by atoms with Crippen LogP contribution in [0.2, 0.25) is 0 Å². The first-order valence-electron chi connectivity index (χ1n) is 21.7. The zero-order valence-electron chi connectivity index (χ0n) is 37.3. The molecule has 362 valence electrons. The number of amides is 7. The van der Waals surface area contributed by atoms with Crippen LogP contribution in [-0.2, 0) is 57.6 Å². The molecule has 0 aliphatic carbocycles. The Morgan fingerprint density at radius 3 is 1.46 bits per heavy atom. The predicted molar refractivity (Wildman–Crippen MR) is 240 cm³/mol. The summed E-state index contributed by atoms with van der Waals surface area (Å²) in [5.41, 5.74) is 7.29. The monoisotopic (exact) mass is 932 g/mol. The van der Waals surface area contributed by atoms with Crippen molar-refractivity contribution in [1.29, 1.82) is 0 Å². The van der Waals surface area contributed by atoms with E-state index in [1.165, 1.54) is 38.1 Å². The summed E-state index contributed by atoms with van der Waals surface area (Å²) >= 11 is 0. The van der Waals surface area contributed by atoms with Gasteiger partial charge in [-0.05, 0) is 62.4 Å². The highest BCUT2D eigenvalue weighted by molar-refractivity contribution is 5.98. The van der Waals surface area contributed by atoms with Gasteiger partial charge in [0.1, 0.15) is 42.0 Å². The first-order chi connectivity index (χ1) is 31.8. The summed E-state index contributed by atoms with van der Waals surface area (Å²) in [7, 11) is 0. The maximum Gasteiger partial charge on any atom is 0.328 e. The van der Waals surface area contributed by atoms with Crippen LogP contribution in [0.4, 0.5) is 0 Å². The fourth-order valence-corrected chi connectivity index (χ4v) is 7.40. The summed E-state index contributed by atoms with van der Waals surface area (Å²) in [6.45, 7) is 3.08. The number of phenolic OH excluding ortho intramolecular Hbond substituents is 1. The molecule has 0 spiro atoms. The highest BCUT2D eigenvalue weighted by Crippen LogP contribution is 2.20. The van der Waals surface area contributed by atoms with E-state index < -0.39 is 114 Å². The molecule has 3 aromatic carbocycles. The zero-order chi connectivity index (χ0) is 49.4. The van der Waals surface area contributed by atoms with Gasteiger partial charge in [-0.1, -0.05) is 72.8 Å². The number of carboxylic acid groups (broad SMARTS) is 1. The van der Waals surface area contributed by atoms with Gasteiger partial charge in [-0.2, -0.15) is 0 Å². The minimum Gasteiger partial charge on any atom is -0.508 e. The Balaban J connectivity index is 1.59. The molecule has 1 heterocycles. The van der Waals surface area contributed by atoms with Crippen LogP contribution < -0.4 is 37.6 Å². The number of likely N-dealkylation sites (tertiary alicyclic amines) is 1. The van der Waals surface area contributed by atoms with Crippen LogP contribution in [0.3, 0.4) is 0 Å². The van der Waals surface area contributed by atoms with Crippen molar-refractivity contribution in [3.63, 3.8) is 0 Å². The van der Waals surface area contributed by atoms with Gasteiger partial charge in [-0.25, -0.2) is 4.79 Å². The van der Waals surface area contributed by atoms with Crippen LogP contribution in [0.25, 0.3) is 0 Å². The number of hydrogen-bond acceptors (Lipinski definition) is 13. The lowest BCUT2D eigenvalue weighted by atomic mass is 10.0. The largest absolute Gasteiger partial charge is 0.508 e. The van der Waals surface area contributed by atoms with E-state index in [1.807, 2.05) is 0 Å². The summed E-state index contributed by atoms with van der Waals surface area (Å²) in [6.07, 6.45) is -4.60. The number of benzene rings is 3. The van der Waals surface area contributed by atoms with Crippen LogP contribution in [-0.4, -0.2) is 151 Å². The maximum absolute atomic E-state index is 14.4. The van der Waals surface area contributed by atoms with E-state index in [2.05, 4.69) is 31.9 Å². The molecule has 0 saturated carbocycles. The van der Waals surface area contributed by atoms with Crippen molar-refractivity contribution in [3.05, 3.63) is 102 Å². The van der Waals surface area contributed by atoms with E-state index in [0.717, 1.165) is 11.8 Å². The quantitative estimate of drug-likeness (QED) is 0.0468. The van der Waals surface area contributed by atoms with Crippen molar-refractivity contribution in [2.24, 2.45) is 5.73 Å². The molecular formula is C46H60N8O13. The standard InChI is InChI=1S/C46H60N8O13/c1-25(55)37(44(64)52-38(26(2)56)45(65)54-20-10-15-35(54)43(63)53-39(27(3)57)46(66)67)51-42(62)34(23-30-16-18-31(58)19-17-30)50-41(61)33(22-29-13-8-5-9-14-29)49-40(60)32(48-36(59)24-47)21-28-11-6-4-7-12-28/h4-9,11-14,16-19,25-27,32-35,37-39,55-58H,10,15,20-24,47H2,1-3H3,(H,48,59)(H,49,60)(H,50,61)(H,51,62)(H,52,64)(H,53,63)(H,66,67). The van der Waals surface area contributed by atoms with E-state index in [9.17, 15) is 63.9 Å². The molecule has 13 N–H and O–H groups in total. The van der Waals surface area contributed by atoms with Gasteiger partial charge in [-0.15, -0.1) is 0 Å². The van der Waals surface area contributed by atoms with E-state index in [-0.39, 0.29) is 38.0 Å². The highest BCUT2D eigenvalue weighted by atomic mass is 16.4. The zero-order valence-corrected chi connectivity index (χ0v) is 37.3. The Bertz CT molecular complexity index is 2180. The third-order valence-electron chi connectivity index (χ3n) is 11.0. The van der Waals surface area contributed by atoms with E-state index >= 15 is 0 Å². The van der Waals surface area contributed by atoms with Crippen LogP contribution in [0, 0.1) is 0 Å². The molecule has 21 nitrogen and oxygen atoms in total. The molecule has 1 fully saturated rings. The number of carbonyl (C=O) groups excluding carboxylic acids is 7. The minimum atomic E-state index is -1.81. The molecule has 21 heteroatoms. The Kier molecular flexibility index (Phi) is 19.7. The number of hydrogen-bond donors (Lipinski definition) is 12. The van der Waals surface area contributed by atoms with Crippen molar-refractivity contribution in [2.75, 3.05) is 13.1 Å². The van der Waals surface area contributed by atoms with Crippen molar-refractivity contribution < 1.29 is 63.9 Å². The van der Waals surface area contributed by atoms with Crippen molar-refractivity contribution in [1.82, 2.24) is 36.8 Å². The average Bonchev–Trinajstić information content (AvgIpc) is 3.79. The van der Waals surface area contributed by atoms with Gasteiger partial charge >= 0.3 is 5.97 Å². The third-order valence-corrected chi connectivity index (χ3v) is 11.0. The fraction of sp³-hybridized carbons (Fsp3) is 0.435. The second kappa shape index (κ2) is 25.1. The molecule has 10 unspecified atom stereocenters. The normalized spacial score (nSPS) is 17.4. The maximum atomic E-state index is 14.4. The smallest absolute Gasteiger partial charge is 0.328 e. The molecule has 10 atom stereocenters. The SMILES string of the molecule is CC(O)C(NC(=O)C1CCCN1C(=O)C(NC(=O)C(NC(=O)C(Cc1ccc(O)cc1)NC(=O)C(Cc1ccccc1)NC(=O)C(Cc1ccccc1)NC(=O)CN)C(C)O)C(C)O)C(=O)O. The molecule has 7 amide bonds. The summed E-state index contributed by atoms with van der Waals surface area (Å²) in [5, 5.41) is 65.7. The highest BCUT2D eigenvalue weighted by Gasteiger charge is 2.42. The molecule has 0 radical (unpaired) electrons. The Morgan fingerprint density at radius 2 is 1.01 bits per heavy atom. The number of carbonyl (C=O) groups is 8. The number of nitrogens with zero attached hydrogens (tertiary/aromatic N) is 1. The predicted octanol–water partition coefficient (Wildman–Crippen LogP) is -2.49. The molecule has 1 saturated heterocycles. The number of phenols is 1. The van der Waals surface area contributed by atoms with Crippen molar-refractivity contribution >= 4 is 47.3 Å². The van der Waals surface area contributed by atoms with E-state index in [1.54, 1.807) is 60.7 Å². The number of aromatic hydroxyl groups is 1. The average molecular weight is 933 g/mol. The molecule has 3 aromatic rings. The van der Waals surface area contributed by atoms with Gasteiger partial charge < -0.3 is 68.1 Å². The van der Waals surface area contributed by atoms with Gasteiger partial charge in [0.2, 0.25) is 41.4 Å². The fourth-order valence-electron chi connectivity index (χ4n) is 7.40. The van der Waals surface area contributed by atoms with Crippen LogP contribution in [0.1, 0.15) is 50.3 Å². The van der Waals surface area contributed by atoms with Gasteiger partial charge in [0.15, 0.2) is 6.04 Å². The number of aliphatic hydroxyl groups excluding tert-OH is 3. The van der Waals surface area contributed by atoms with Crippen LogP contribution >= 0.6 is 0 Å². The van der Waals surface area contributed by atoms with Crippen LogP contribution in [0.15, 0.2) is 84.9 Å². The number of carboxylic acids is 1. The van der Waals surface area contributed by atoms with Crippen molar-refractivity contribution in [2.45, 2.75) is 113 Å². The first-order valence-corrected chi connectivity index (χ1v) is 21.7. The number of aliphatic hydroxyl groups is 3. The van der Waals surface area contributed by atoms with Gasteiger partial charge in [-0.3, -0.25) is 33.6 Å². The molecule has 1 aliphatic heterocycles. The van der Waals surface area contributed by atoms with Gasteiger partial charge in [0.05, 0.1) is 24.9 Å². The lowest BCUT2D eigenvalue weighted by Gasteiger charge is -2.32. The lowest BCUT2D eigenvalue weighted by Crippen LogP contribution is -2.63. The molecule has 4 rings (SSSR count). The van der Waals surface area contributed by atoms with Gasteiger partial charge in [0.25, 0.3) is 0 Å². The number of aliphatic carboxylic acids is 1. The number of rotatable bonds is 23. The summed E-state index contributed by atoms with van der Waals surface area (Å²) in [5.74, 6) is -7.80. The summed E-state index contributed by atoms with van der Waals surface area (Å²) in [4.78, 5) is 109.